The molecule has 114 valence electrons. The maximum Gasteiger partial charge on any atom is 0.268 e. The fraction of sp³-hybridized carbons (Fsp3) is 0.583. The summed E-state index contributed by atoms with van der Waals surface area (Å²) in [5, 5.41) is 2.69. The molecule has 1 aromatic rings. The van der Waals surface area contributed by atoms with Gasteiger partial charge < -0.3 is 14.6 Å². The van der Waals surface area contributed by atoms with Crippen LogP contribution in [0.3, 0.4) is 0 Å². The summed E-state index contributed by atoms with van der Waals surface area (Å²) in [6.07, 6.45) is 1.24. The van der Waals surface area contributed by atoms with Gasteiger partial charge in [-0.25, -0.2) is 8.42 Å². The molecule has 0 aliphatic heterocycles. The molecule has 1 amide bonds. The molecule has 1 N–H and O–H groups in total. The maximum absolute atomic E-state index is 12.1. The molecule has 0 saturated carbocycles. The first kappa shape index (κ1) is 17.0. The number of nitrogens with one attached hydrogen (secondary N) is 1. The van der Waals surface area contributed by atoms with E-state index in [2.05, 4.69) is 5.32 Å². The molecule has 1 unspecified atom stereocenters. The van der Waals surface area contributed by atoms with E-state index in [9.17, 15) is 13.2 Å². The molecule has 0 saturated heterocycles. The Labute approximate surface area is 123 Å². The Kier molecular flexibility index (Phi) is 5.61. The fourth-order valence-corrected chi connectivity index (χ4v) is 2.35. The van der Waals surface area contributed by atoms with Gasteiger partial charge in [0.2, 0.25) is 0 Å². The predicted octanol–water partition coefficient (Wildman–Crippen LogP) is 1.76. The third-order valence-electron chi connectivity index (χ3n) is 2.85. The van der Waals surface area contributed by atoms with Crippen LogP contribution >= 0.6 is 10.7 Å². The zero-order chi connectivity index (χ0) is 15.5. The topological polar surface area (TPSA) is 77.4 Å². The molecule has 1 atom stereocenters. The third kappa shape index (κ3) is 4.22. The molecule has 0 bridgehead atoms. The fourth-order valence-electron chi connectivity index (χ4n) is 1.61. The van der Waals surface area contributed by atoms with Gasteiger partial charge in [-0.15, -0.1) is 0 Å². The van der Waals surface area contributed by atoms with Crippen LogP contribution in [-0.2, 0) is 13.8 Å². The van der Waals surface area contributed by atoms with Crippen molar-refractivity contribution in [3.63, 3.8) is 0 Å². The van der Waals surface area contributed by atoms with E-state index in [1.807, 2.05) is 20.8 Å². The largest absolute Gasteiger partial charge is 0.380 e. The average molecular weight is 323 g/mol. The van der Waals surface area contributed by atoms with E-state index < -0.39 is 9.05 Å². The van der Waals surface area contributed by atoms with Gasteiger partial charge >= 0.3 is 0 Å². The summed E-state index contributed by atoms with van der Waals surface area (Å²) in [6.45, 7) is 5.84. The van der Waals surface area contributed by atoms with Crippen LogP contribution in [0.15, 0.2) is 17.2 Å². The number of hydrogen-bond donors (Lipinski definition) is 1. The predicted molar refractivity (Wildman–Crippen MR) is 76.7 cm³/mol. The Hall–Kier alpha value is -1.05. The molecule has 0 aromatic carbocycles. The van der Waals surface area contributed by atoms with Crippen LogP contribution in [0, 0.1) is 0 Å². The lowest BCUT2D eigenvalue weighted by molar-refractivity contribution is 0.0861. The zero-order valence-corrected chi connectivity index (χ0v) is 13.5. The molecule has 0 aliphatic carbocycles. The second kappa shape index (κ2) is 6.60. The smallest absolute Gasteiger partial charge is 0.268 e. The molecule has 1 rings (SSSR count). The summed E-state index contributed by atoms with van der Waals surface area (Å²) in [4.78, 5) is 12.0. The minimum atomic E-state index is -3.86. The van der Waals surface area contributed by atoms with Crippen LogP contribution in [0.4, 0.5) is 0 Å². The number of ether oxygens (including phenoxy) is 1. The van der Waals surface area contributed by atoms with Crippen molar-refractivity contribution < 1.29 is 17.9 Å². The van der Waals surface area contributed by atoms with Gasteiger partial charge in [-0.2, -0.15) is 0 Å². The maximum atomic E-state index is 12.1. The molecule has 0 radical (unpaired) electrons. The minimum Gasteiger partial charge on any atom is -0.380 e. The zero-order valence-electron chi connectivity index (χ0n) is 11.9. The Morgan fingerprint density at radius 1 is 1.45 bits per heavy atom. The molecule has 1 aromatic heterocycles. The van der Waals surface area contributed by atoms with Gasteiger partial charge in [0, 0.05) is 36.6 Å². The molecule has 6 nitrogen and oxygen atoms in total. The van der Waals surface area contributed by atoms with Gasteiger partial charge in [0.25, 0.3) is 15.0 Å². The summed E-state index contributed by atoms with van der Waals surface area (Å²) >= 11 is 0. The third-order valence-corrected chi connectivity index (χ3v) is 4.17. The number of nitrogens with zero attached hydrogens (tertiary/aromatic N) is 1. The van der Waals surface area contributed by atoms with Crippen molar-refractivity contribution in [2.24, 2.45) is 0 Å². The van der Waals surface area contributed by atoms with E-state index in [1.165, 1.54) is 12.3 Å². The van der Waals surface area contributed by atoms with Crippen molar-refractivity contribution in [2.45, 2.75) is 37.8 Å². The van der Waals surface area contributed by atoms with Crippen LogP contribution in [0.2, 0.25) is 0 Å². The molecule has 0 aliphatic rings. The van der Waals surface area contributed by atoms with Gasteiger partial charge in [0.1, 0.15) is 10.6 Å². The number of carbonyl (C=O) groups excluding carboxylic acids is 1. The Balaban J connectivity index is 3.04. The lowest BCUT2D eigenvalue weighted by Gasteiger charge is -2.14. The van der Waals surface area contributed by atoms with Gasteiger partial charge in [0.05, 0.1) is 6.10 Å². The average Bonchev–Trinajstić information content (AvgIpc) is 2.80. The summed E-state index contributed by atoms with van der Waals surface area (Å²) in [6, 6.07) is 1.21. The van der Waals surface area contributed by atoms with E-state index in [4.69, 9.17) is 15.4 Å². The van der Waals surface area contributed by atoms with Gasteiger partial charge in [-0.1, -0.05) is 0 Å². The van der Waals surface area contributed by atoms with Crippen LogP contribution in [0.5, 0.6) is 0 Å². The van der Waals surface area contributed by atoms with Crippen molar-refractivity contribution in [3.8, 4) is 0 Å². The second-order valence-electron chi connectivity index (χ2n) is 4.76. The summed E-state index contributed by atoms with van der Waals surface area (Å²) in [5.74, 6) is -0.367. The number of halogens is 1. The normalized spacial score (nSPS) is 13.5. The van der Waals surface area contributed by atoms with E-state index in [0.717, 1.165) is 0 Å². The number of carbonyl (C=O) groups is 1. The Morgan fingerprint density at radius 3 is 2.50 bits per heavy atom. The summed E-state index contributed by atoms with van der Waals surface area (Å²) in [5.41, 5.74) is 0.252. The molecule has 20 heavy (non-hydrogen) atoms. The SMILES string of the molecule is COC(C)CNC(=O)c1cc(S(=O)(=O)Cl)cn1C(C)C. The number of aromatic nitrogens is 1. The lowest BCUT2D eigenvalue weighted by Crippen LogP contribution is -2.33. The first-order chi connectivity index (χ1) is 9.16. The van der Waals surface area contributed by atoms with E-state index in [1.54, 1.807) is 11.7 Å². The van der Waals surface area contributed by atoms with Crippen LogP contribution in [0.25, 0.3) is 0 Å². The molecular formula is C12H19ClN2O4S. The highest BCUT2D eigenvalue weighted by atomic mass is 35.7. The van der Waals surface area contributed by atoms with E-state index in [0.29, 0.717) is 6.54 Å². The first-order valence-corrected chi connectivity index (χ1v) is 8.45. The van der Waals surface area contributed by atoms with Crippen LogP contribution < -0.4 is 5.32 Å². The first-order valence-electron chi connectivity index (χ1n) is 6.14. The van der Waals surface area contributed by atoms with Crippen LogP contribution in [-0.4, -0.2) is 38.7 Å². The van der Waals surface area contributed by atoms with Crippen LogP contribution in [0.1, 0.15) is 37.3 Å². The second-order valence-corrected chi connectivity index (χ2v) is 7.32. The highest BCUT2D eigenvalue weighted by Crippen LogP contribution is 2.21. The highest BCUT2D eigenvalue weighted by molar-refractivity contribution is 8.13. The van der Waals surface area contributed by atoms with Crippen molar-refractivity contribution in [1.29, 1.82) is 0 Å². The van der Waals surface area contributed by atoms with Crippen molar-refractivity contribution in [1.82, 2.24) is 9.88 Å². The number of rotatable bonds is 6. The van der Waals surface area contributed by atoms with Gasteiger partial charge in [-0.3, -0.25) is 4.79 Å². The van der Waals surface area contributed by atoms with E-state index >= 15 is 0 Å². The molecule has 1 heterocycles. The minimum absolute atomic E-state index is 0.0669. The lowest BCUT2D eigenvalue weighted by atomic mass is 10.3. The Morgan fingerprint density at radius 2 is 2.05 bits per heavy atom. The van der Waals surface area contributed by atoms with Gasteiger partial charge in [-0.05, 0) is 26.8 Å². The molecule has 0 spiro atoms. The molecule has 8 heteroatoms. The number of methoxy groups -OCH3 is 1. The van der Waals surface area contributed by atoms with Crippen molar-refractivity contribution in [2.75, 3.05) is 13.7 Å². The molecule has 0 fully saturated rings. The standard InChI is InChI=1S/C12H19ClN2O4S/c1-8(2)15-7-10(20(13,17)18)5-11(15)12(16)14-6-9(3)19-4/h5,7-9H,6H2,1-4H3,(H,14,16). The van der Waals surface area contributed by atoms with Crippen molar-refractivity contribution >= 4 is 25.6 Å². The summed E-state index contributed by atoms with van der Waals surface area (Å²) < 4.78 is 29.3. The Bertz CT molecular complexity index is 580. The highest BCUT2D eigenvalue weighted by Gasteiger charge is 2.21. The molecular weight excluding hydrogens is 304 g/mol. The number of hydrogen-bond acceptors (Lipinski definition) is 4. The van der Waals surface area contributed by atoms with E-state index in [-0.39, 0.29) is 28.6 Å². The monoisotopic (exact) mass is 322 g/mol. The van der Waals surface area contributed by atoms with Crippen molar-refractivity contribution in [3.05, 3.63) is 18.0 Å². The number of amides is 1. The summed E-state index contributed by atoms with van der Waals surface area (Å²) in [7, 11) is 3.00. The van der Waals surface area contributed by atoms with Gasteiger partial charge in [0.15, 0.2) is 0 Å². The quantitative estimate of drug-likeness (QED) is 0.810.